The molecule has 0 heterocycles. The quantitative estimate of drug-likeness (QED) is 0.790. The van der Waals surface area contributed by atoms with Crippen LogP contribution in [0, 0.1) is 18.3 Å². The highest BCUT2D eigenvalue weighted by Gasteiger charge is 2.05. The van der Waals surface area contributed by atoms with Gasteiger partial charge in [-0.3, -0.25) is 0 Å². The number of aryl methyl sites for hydroxylation is 2. The van der Waals surface area contributed by atoms with Crippen molar-refractivity contribution in [2.45, 2.75) is 32.7 Å². The molecular weight excluding hydrogens is 172 g/mol. The minimum atomic E-state index is 0.196. The fraction of sp³-hybridized carbons (Fsp3) is 0.417. The van der Waals surface area contributed by atoms with Gasteiger partial charge in [-0.1, -0.05) is 18.2 Å². The number of hydrogen-bond donors (Lipinski definition) is 1. The molecule has 1 atom stereocenters. The average Bonchev–Trinajstić information content (AvgIpc) is 2.14. The first kappa shape index (κ1) is 10.7. The van der Waals surface area contributed by atoms with Gasteiger partial charge in [0, 0.05) is 6.04 Å². The normalized spacial score (nSPS) is 12.1. The molecule has 74 valence electrons. The fourth-order valence-electron chi connectivity index (χ4n) is 1.48. The summed E-state index contributed by atoms with van der Waals surface area (Å²) < 4.78 is 0. The van der Waals surface area contributed by atoms with Crippen LogP contribution in [-0.4, -0.2) is 6.04 Å². The Balaban J connectivity index is 2.87. The Morgan fingerprint density at radius 1 is 1.50 bits per heavy atom. The maximum absolute atomic E-state index is 8.98. The molecule has 1 rings (SSSR count). The van der Waals surface area contributed by atoms with Crippen molar-refractivity contribution in [1.29, 1.82) is 5.26 Å². The predicted molar refractivity (Wildman–Crippen MR) is 57.9 cm³/mol. The van der Waals surface area contributed by atoms with Crippen LogP contribution < -0.4 is 5.73 Å². The van der Waals surface area contributed by atoms with Gasteiger partial charge in [-0.2, -0.15) is 5.26 Å². The van der Waals surface area contributed by atoms with Crippen molar-refractivity contribution in [2.75, 3.05) is 0 Å². The van der Waals surface area contributed by atoms with Crippen molar-refractivity contribution in [1.82, 2.24) is 0 Å². The van der Waals surface area contributed by atoms with E-state index in [0.29, 0.717) is 0 Å². The van der Waals surface area contributed by atoms with Gasteiger partial charge in [-0.05, 0) is 37.8 Å². The molecule has 0 radical (unpaired) electrons. The van der Waals surface area contributed by atoms with Gasteiger partial charge < -0.3 is 5.73 Å². The smallest absolute Gasteiger partial charge is 0.0997 e. The van der Waals surface area contributed by atoms with Crippen molar-refractivity contribution in [3.63, 3.8) is 0 Å². The highest BCUT2D eigenvalue weighted by molar-refractivity contribution is 5.43. The summed E-state index contributed by atoms with van der Waals surface area (Å²) in [6.07, 6.45) is 1.82. The number of benzene rings is 1. The van der Waals surface area contributed by atoms with Crippen LogP contribution in [0.5, 0.6) is 0 Å². The van der Waals surface area contributed by atoms with Crippen LogP contribution in [0.25, 0.3) is 0 Å². The van der Waals surface area contributed by atoms with Crippen molar-refractivity contribution in [3.05, 3.63) is 34.9 Å². The average molecular weight is 188 g/mol. The first-order valence-electron chi connectivity index (χ1n) is 4.89. The molecule has 0 saturated carbocycles. The Labute approximate surface area is 85.4 Å². The van der Waals surface area contributed by atoms with Crippen LogP contribution in [0.4, 0.5) is 0 Å². The third kappa shape index (κ3) is 2.58. The standard InChI is InChI=1S/C12H16N2/c1-9-4-3-5-11(12(9)8-13)7-6-10(2)14/h3-5,10H,6-7,14H2,1-2H3/t10-/m0/s1. The van der Waals surface area contributed by atoms with E-state index in [1.54, 1.807) is 0 Å². The molecular formula is C12H16N2. The molecule has 0 aliphatic carbocycles. The Morgan fingerprint density at radius 3 is 2.79 bits per heavy atom. The maximum Gasteiger partial charge on any atom is 0.0997 e. The lowest BCUT2D eigenvalue weighted by molar-refractivity contribution is 0.665. The van der Waals surface area contributed by atoms with Crippen LogP contribution in [0.15, 0.2) is 18.2 Å². The van der Waals surface area contributed by atoms with E-state index in [1.807, 2.05) is 32.0 Å². The minimum Gasteiger partial charge on any atom is -0.328 e. The van der Waals surface area contributed by atoms with E-state index in [1.165, 1.54) is 0 Å². The molecule has 0 aliphatic heterocycles. The molecule has 0 aromatic heterocycles. The Bertz CT molecular complexity index is 348. The highest BCUT2D eigenvalue weighted by Crippen LogP contribution is 2.15. The largest absolute Gasteiger partial charge is 0.328 e. The van der Waals surface area contributed by atoms with E-state index in [9.17, 15) is 0 Å². The van der Waals surface area contributed by atoms with Crippen molar-refractivity contribution < 1.29 is 0 Å². The van der Waals surface area contributed by atoms with Gasteiger partial charge in [0.05, 0.1) is 11.6 Å². The third-order valence-electron chi connectivity index (χ3n) is 2.34. The van der Waals surface area contributed by atoms with Gasteiger partial charge in [0.2, 0.25) is 0 Å². The van der Waals surface area contributed by atoms with E-state index in [-0.39, 0.29) is 6.04 Å². The van der Waals surface area contributed by atoms with Crippen molar-refractivity contribution >= 4 is 0 Å². The molecule has 0 fully saturated rings. The second-order valence-corrected chi connectivity index (χ2v) is 3.74. The topological polar surface area (TPSA) is 49.8 Å². The molecule has 0 bridgehead atoms. The summed E-state index contributed by atoms with van der Waals surface area (Å²) in [7, 11) is 0. The Hall–Kier alpha value is -1.33. The fourth-order valence-corrected chi connectivity index (χ4v) is 1.48. The minimum absolute atomic E-state index is 0.196. The summed E-state index contributed by atoms with van der Waals surface area (Å²) >= 11 is 0. The number of hydrogen-bond acceptors (Lipinski definition) is 2. The van der Waals surface area contributed by atoms with Gasteiger partial charge in [-0.25, -0.2) is 0 Å². The Kier molecular flexibility index (Phi) is 3.67. The zero-order valence-electron chi connectivity index (χ0n) is 8.75. The molecule has 0 spiro atoms. The van der Waals surface area contributed by atoms with Crippen molar-refractivity contribution in [3.8, 4) is 6.07 Å². The zero-order chi connectivity index (χ0) is 10.6. The second-order valence-electron chi connectivity index (χ2n) is 3.74. The van der Waals surface area contributed by atoms with Gasteiger partial charge in [0.1, 0.15) is 0 Å². The molecule has 2 nitrogen and oxygen atoms in total. The summed E-state index contributed by atoms with van der Waals surface area (Å²) in [6.45, 7) is 3.95. The molecule has 0 unspecified atom stereocenters. The molecule has 0 amide bonds. The third-order valence-corrected chi connectivity index (χ3v) is 2.34. The van der Waals surface area contributed by atoms with Gasteiger partial charge in [0.25, 0.3) is 0 Å². The lowest BCUT2D eigenvalue weighted by Crippen LogP contribution is -2.15. The van der Waals surface area contributed by atoms with E-state index < -0.39 is 0 Å². The zero-order valence-corrected chi connectivity index (χ0v) is 8.75. The van der Waals surface area contributed by atoms with Crippen LogP contribution >= 0.6 is 0 Å². The van der Waals surface area contributed by atoms with Crippen LogP contribution in [0.2, 0.25) is 0 Å². The van der Waals surface area contributed by atoms with Gasteiger partial charge >= 0.3 is 0 Å². The molecule has 0 aliphatic rings. The van der Waals surface area contributed by atoms with E-state index in [4.69, 9.17) is 11.0 Å². The van der Waals surface area contributed by atoms with Gasteiger partial charge in [0.15, 0.2) is 0 Å². The molecule has 14 heavy (non-hydrogen) atoms. The summed E-state index contributed by atoms with van der Waals surface area (Å²) in [5, 5.41) is 8.98. The lowest BCUT2D eigenvalue weighted by atomic mass is 9.98. The summed E-state index contributed by atoms with van der Waals surface area (Å²) in [5.74, 6) is 0. The summed E-state index contributed by atoms with van der Waals surface area (Å²) in [4.78, 5) is 0. The predicted octanol–water partition coefficient (Wildman–Crippen LogP) is 2.15. The molecule has 1 aromatic carbocycles. The van der Waals surface area contributed by atoms with Crippen molar-refractivity contribution in [2.24, 2.45) is 5.73 Å². The van der Waals surface area contributed by atoms with E-state index in [0.717, 1.165) is 29.5 Å². The van der Waals surface area contributed by atoms with Crippen LogP contribution in [0.1, 0.15) is 30.0 Å². The van der Waals surface area contributed by atoms with Gasteiger partial charge in [-0.15, -0.1) is 0 Å². The number of rotatable bonds is 3. The number of nitriles is 1. The molecule has 1 aromatic rings. The maximum atomic E-state index is 8.98. The summed E-state index contributed by atoms with van der Waals surface area (Å²) in [6, 6.07) is 8.41. The molecule has 2 N–H and O–H groups in total. The molecule has 0 saturated heterocycles. The first-order valence-corrected chi connectivity index (χ1v) is 4.89. The van der Waals surface area contributed by atoms with Crippen LogP contribution in [-0.2, 0) is 6.42 Å². The number of nitrogens with zero attached hydrogens (tertiary/aromatic N) is 1. The summed E-state index contributed by atoms with van der Waals surface area (Å²) in [5.41, 5.74) is 8.67. The second kappa shape index (κ2) is 4.78. The van der Waals surface area contributed by atoms with Crippen LogP contribution in [0.3, 0.4) is 0 Å². The first-order chi connectivity index (χ1) is 6.65. The SMILES string of the molecule is Cc1cccc(CC[C@H](C)N)c1C#N. The van der Waals surface area contributed by atoms with E-state index >= 15 is 0 Å². The monoisotopic (exact) mass is 188 g/mol. The lowest BCUT2D eigenvalue weighted by Gasteiger charge is -2.08. The molecule has 2 heteroatoms. The number of nitrogens with two attached hydrogens (primary N) is 1. The Morgan fingerprint density at radius 2 is 2.21 bits per heavy atom. The van der Waals surface area contributed by atoms with E-state index in [2.05, 4.69) is 6.07 Å². The highest BCUT2D eigenvalue weighted by atomic mass is 14.6.